The highest BCUT2D eigenvalue weighted by atomic mass is 32.1. The summed E-state index contributed by atoms with van der Waals surface area (Å²) in [4.78, 5) is 23.0. The first kappa shape index (κ1) is 21.4. The van der Waals surface area contributed by atoms with Gasteiger partial charge >= 0.3 is 5.97 Å². The molecule has 3 heterocycles. The Morgan fingerprint density at radius 2 is 1.90 bits per heavy atom. The Morgan fingerprint density at radius 3 is 2.58 bits per heavy atom. The number of aliphatic carboxylic acids is 1. The van der Waals surface area contributed by atoms with Crippen LogP contribution in [0, 0.1) is 20.8 Å². The zero-order valence-electron chi connectivity index (χ0n) is 18.6. The molecule has 1 atom stereocenters. The molecule has 0 saturated heterocycles. The predicted octanol–water partition coefficient (Wildman–Crippen LogP) is 6.38. The predicted molar refractivity (Wildman–Crippen MR) is 126 cm³/mol. The molecule has 0 fully saturated rings. The van der Waals surface area contributed by atoms with E-state index in [1.54, 1.807) is 17.5 Å². The average molecular weight is 435 g/mol. The molecule has 0 unspecified atom stereocenters. The first-order valence-corrected chi connectivity index (χ1v) is 11.0. The van der Waals surface area contributed by atoms with Crippen LogP contribution in [-0.4, -0.2) is 26.6 Å². The van der Waals surface area contributed by atoms with Crippen molar-refractivity contribution >= 4 is 38.4 Å². The SMILES string of the molecule is Cc1cc2nc(C)c([C@H](OC(C)(C)C)C(=O)O)c(-c3ccc(C)c4cccnc34)c2s1. The maximum atomic E-state index is 12.4. The van der Waals surface area contributed by atoms with Crippen LogP contribution < -0.4 is 0 Å². The van der Waals surface area contributed by atoms with Gasteiger partial charge in [0, 0.05) is 38.8 Å². The van der Waals surface area contributed by atoms with Crippen LogP contribution in [0.25, 0.3) is 32.2 Å². The lowest BCUT2D eigenvalue weighted by atomic mass is 9.91. The molecule has 0 aliphatic heterocycles. The third-order valence-electron chi connectivity index (χ3n) is 5.22. The lowest BCUT2D eigenvalue weighted by Gasteiger charge is -2.28. The first-order chi connectivity index (χ1) is 14.6. The molecule has 0 radical (unpaired) electrons. The molecule has 0 spiro atoms. The minimum atomic E-state index is -1.14. The van der Waals surface area contributed by atoms with Crippen molar-refractivity contribution in [2.75, 3.05) is 0 Å². The van der Waals surface area contributed by atoms with Gasteiger partial charge in [-0.25, -0.2) is 4.79 Å². The second kappa shape index (κ2) is 7.70. The number of carboxylic acids is 1. The monoisotopic (exact) mass is 434 g/mol. The van der Waals surface area contributed by atoms with Crippen molar-refractivity contribution in [3.05, 3.63) is 58.2 Å². The minimum absolute atomic E-state index is 0.590. The largest absolute Gasteiger partial charge is 0.479 e. The summed E-state index contributed by atoms with van der Waals surface area (Å²) in [6.07, 6.45) is 0.630. The van der Waals surface area contributed by atoms with Gasteiger partial charge in [0.15, 0.2) is 6.10 Å². The third-order valence-corrected chi connectivity index (χ3v) is 6.28. The van der Waals surface area contributed by atoms with Gasteiger partial charge in [-0.15, -0.1) is 11.3 Å². The maximum absolute atomic E-state index is 12.4. The second-order valence-electron chi connectivity index (χ2n) is 8.84. The van der Waals surface area contributed by atoms with Crippen LogP contribution in [0.5, 0.6) is 0 Å². The molecular weight excluding hydrogens is 408 g/mol. The second-order valence-corrected chi connectivity index (χ2v) is 10.1. The highest BCUT2D eigenvalue weighted by Crippen LogP contribution is 2.44. The van der Waals surface area contributed by atoms with Gasteiger partial charge in [0.2, 0.25) is 0 Å². The molecule has 31 heavy (non-hydrogen) atoms. The lowest BCUT2D eigenvalue weighted by molar-refractivity contribution is -0.160. The number of aryl methyl sites for hydroxylation is 3. The van der Waals surface area contributed by atoms with Crippen molar-refractivity contribution in [1.82, 2.24) is 9.97 Å². The molecular formula is C25H26N2O3S. The fourth-order valence-electron chi connectivity index (χ4n) is 4.00. The molecule has 1 aromatic carbocycles. The number of fused-ring (bicyclic) bond motifs is 2. The van der Waals surface area contributed by atoms with Crippen LogP contribution in [0.15, 0.2) is 36.5 Å². The van der Waals surface area contributed by atoms with E-state index < -0.39 is 17.7 Å². The standard InChI is InChI=1S/C25H26N2O3S/c1-13-9-10-17(21-16(13)8-7-11-26-21)20-19(22(24(28)29)30-25(4,5)6)15(3)27-18-12-14(2)31-23(18)20/h7-12,22H,1-6H3,(H,28,29)/t22-/m0/s1. The number of nitrogens with zero attached hydrogens (tertiary/aromatic N) is 2. The topological polar surface area (TPSA) is 72.3 Å². The molecule has 0 aliphatic rings. The summed E-state index contributed by atoms with van der Waals surface area (Å²) in [5.74, 6) is -1.03. The summed E-state index contributed by atoms with van der Waals surface area (Å²) in [5, 5.41) is 11.2. The van der Waals surface area contributed by atoms with Crippen molar-refractivity contribution in [3.8, 4) is 11.1 Å². The van der Waals surface area contributed by atoms with E-state index in [0.717, 1.165) is 42.7 Å². The van der Waals surface area contributed by atoms with Gasteiger partial charge in [0.25, 0.3) is 0 Å². The number of aromatic nitrogens is 2. The quantitative estimate of drug-likeness (QED) is 0.404. The fraction of sp³-hybridized carbons (Fsp3) is 0.320. The number of hydrogen-bond acceptors (Lipinski definition) is 5. The van der Waals surface area contributed by atoms with Crippen molar-refractivity contribution in [2.24, 2.45) is 0 Å². The number of pyridine rings is 2. The molecule has 5 nitrogen and oxygen atoms in total. The summed E-state index contributed by atoms with van der Waals surface area (Å²) in [7, 11) is 0. The minimum Gasteiger partial charge on any atom is -0.479 e. The van der Waals surface area contributed by atoms with E-state index in [2.05, 4.69) is 18.0 Å². The Labute approximate surface area is 185 Å². The Balaban J connectivity index is 2.15. The van der Waals surface area contributed by atoms with E-state index >= 15 is 0 Å². The van der Waals surface area contributed by atoms with Gasteiger partial charge < -0.3 is 9.84 Å². The molecule has 3 aromatic heterocycles. The molecule has 0 amide bonds. The molecule has 0 saturated carbocycles. The molecule has 160 valence electrons. The lowest BCUT2D eigenvalue weighted by Crippen LogP contribution is -2.28. The number of carboxylic acid groups (broad SMARTS) is 1. The molecule has 0 aliphatic carbocycles. The summed E-state index contributed by atoms with van der Waals surface area (Å²) in [5.41, 5.74) is 5.19. The highest BCUT2D eigenvalue weighted by Gasteiger charge is 2.33. The number of rotatable bonds is 4. The van der Waals surface area contributed by atoms with Crippen LogP contribution in [0.4, 0.5) is 0 Å². The van der Waals surface area contributed by atoms with Gasteiger partial charge in [-0.05, 0) is 59.2 Å². The normalized spacial score (nSPS) is 13.1. The number of hydrogen-bond donors (Lipinski definition) is 1. The Morgan fingerprint density at radius 1 is 1.16 bits per heavy atom. The third kappa shape index (κ3) is 3.93. The Kier molecular flexibility index (Phi) is 5.31. The number of benzene rings is 1. The summed E-state index contributed by atoms with van der Waals surface area (Å²) in [6.45, 7) is 11.5. The molecule has 4 aromatic rings. The Hall–Kier alpha value is -2.83. The summed E-state index contributed by atoms with van der Waals surface area (Å²) in [6, 6.07) is 10.1. The van der Waals surface area contributed by atoms with Crippen LogP contribution in [0.2, 0.25) is 0 Å². The summed E-state index contributed by atoms with van der Waals surface area (Å²) < 4.78 is 7.02. The average Bonchev–Trinajstić information content (AvgIpc) is 3.05. The number of ether oxygens (including phenoxy) is 1. The molecule has 1 N–H and O–H groups in total. The van der Waals surface area contributed by atoms with Gasteiger partial charge in [0.1, 0.15) is 0 Å². The van der Waals surface area contributed by atoms with E-state index in [9.17, 15) is 9.90 Å². The zero-order valence-corrected chi connectivity index (χ0v) is 19.4. The van der Waals surface area contributed by atoms with Gasteiger partial charge in [-0.2, -0.15) is 0 Å². The van der Waals surface area contributed by atoms with E-state index in [1.807, 2.05) is 58.9 Å². The molecule has 0 bridgehead atoms. The van der Waals surface area contributed by atoms with Crippen molar-refractivity contribution in [2.45, 2.75) is 53.2 Å². The zero-order chi connectivity index (χ0) is 22.5. The fourth-order valence-corrected chi connectivity index (χ4v) is 5.02. The van der Waals surface area contributed by atoms with Crippen LogP contribution >= 0.6 is 11.3 Å². The summed E-state index contributed by atoms with van der Waals surface area (Å²) >= 11 is 1.62. The van der Waals surface area contributed by atoms with Gasteiger partial charge in [0.05, 0.1) is 21.3 Å². The maximum Gasteiger partial charge on any atom is 0.337 e. The van der Waals surface area contributed by atoms with Gasteiger partial charge in [-0.3, -0.25) is 9.97 Å². The van der Waals surface area contributed by atoms with E-state index in [-0.39, 0.29) is 0 Å². The highest BCUT2D eigenvalue weighted by molar-refractivity contribution is 7.19. The van der Waals surface area contributed by atoms with Gasteiger partial charge in [-0.1, -0.05) is 18.2 Å². The van der Waals surface area contributed by atoms with E-state index in [0.29, 0.717) is 11.3 Å². The molecule has 4 rings (SSSR count). The van der Waals surface area contributed by atoms with Crippen LogP contribution in [-0.2, 0) is 9.53 Å². The number of thiophene rings is 1. The smallest absolute Gasteiger partial charge is 0.337 e. The van der Waals surface area contributed by atoms with Crippen molar-refractivity contribution in [3.63, 3.8) is 0 Å². The Bertz CT molecular complexity index is 1320. The van der Waals surface area contributed by atoms with Crippen molar-refractivity contribution < 1.29 is 14.6 Å². The number of carbonyl (C=O) groups is 1. The van der Waals surface area contributed by atoms with Crippen molar-refractivity contribution in [1.29, 1.82) is 0 Å². The van der Waals surface area contributed by atoms with E-state index in [4.69, 9.17) is 9.72 Å². The molecule has 6 heteroatoms. The van der Waals surface area contributed by atoms with Crippen LogP contribution in [0.3, 0.4) is 0 Å². The van der Waals surface area contributed by atoms with E-state index in [1.165, 1.54) is 0 Å². The first-order valence-electron chi connectivity index (χ1n) is 10.2. The van der Waals surface area contributed by atoms with Crippen LogP contribution in [0.1, 0.15) is 48.6 Å².